The first kappa shape index (κ1) is 19.1. The summed E-state index contributed by atoms with van der Waals surface area (Å²) in [4.78, 5) is 28.5. The highest BCUT2D eigenvalue weighted by atomic mass is 35.5. The third kappa shape index (κ3) is 5.02. The lowest BCUT2D eigenvalue weighted by atomic mass is 10.1. The van der Waals surface area contributed by atoms with Crippen LogP contribution >= 0.6 is 23.7 Å². The zero-order chi connectivity index (χ0) is 15.9. The molecule has 1 heterocycles. The number of aromatic nitrogens is 1. The first-order valence-electron chi connectivity index (χ1n) is 6.83. The number of ether oxygens (including phenoxy) is 1. The Morgan fingerprint density at radius 3 is 2.57 bits per heavy atom. The minimum atomic E-state index is -0.437. The number of esters is 1. The molecule has 2 N–H and O–H groups in total. The van der Waals surface area contributed by atoms with Crippen LogP contribution in [0.5, 0.6) is 0 Å². The summed E-state index contributed by atoms with van der Waals surface area (Å²) in [7, 11) is 1.68. The number of likely N-dealkylation sites (N-methyl/N-ethyl adjacent to an activating group) is 1. The molecular weight excluding hydrogens is 338 g/mol. The summed E-state index contributed by atoms with van der Waals surface area (Å²) >= 11 is 1.11. The Hall–Kier alpha value is -1.96. The minimum Gasteiger partial charge on any atom is -0.462 e. The predicted molar refractivity (Wildman–Crippen MR) is 93.3 cm³/mol. The van der Waals surface area contributed by atoms with Gasteiger partial charge >= 0.3 is 5.97 Å². The Balaban J connectivity index is 0.00000264. The lowest BCUT2D eigenvalue weighted by molar-refractivity contribution is -0.115. The molecule has 0 aliphatic carbocycles. The SMILES string of the molecule is CCOC(=O)c1sc(NC(=O)CNC)nc1-c1ccccc1.Cl. The van der Waals surface area contributed by atoms with Crippen LogP contribution in [-0.4, -0.2) is 37.1 Å². The smallest absolute Gasteiger partial charge is 0.350 e. The van der Waals surface area contributed by atoms with E-state index in [0.717, 1.165) is 16.9 Å². The van der Waals surface area contributed by atoms with Crippen molar-refractivity contribution in [2.45, 2.75) is 6.92 Å². The molecule has 0 aliphatic rings. The second-order valence-electron chi connectivity index (χ2n) is 4.36. The molecule has 1 amide bonds. The summed E-state index contributed by atoms with van der Waals surface area (Å²) in [6.45, 7) is 2.21. The van der Waals surface area contributed by atoms with Crippen molar-refractivity contribution in [1.82, 2.24) is 10.3 Å². The molecule has 0 aliphatic heterocycles. The molecule has 0 radical (unpaired) electrons. The number of anilines is 1. The van der Waals surface area contributed by atoms with Crippen molar-refractivity contribution in [2.75, 3.05) is 25.5 Å². The highest BCUT2D eigenvalue weighted by molar-refractivity contribution is 7.18. The van der Waals surface area contributed by atoms with Crippen molar-refractivity contribution in [3.05, 3.63) is 35.2 Å². The van der Waals surface area contributed by atoms with Crippen LogP contribution in [0.2, 0.25) is 0 Å². The van der Waals surface area contributed by atoms with Crippen LogP contribution in [0, 0.1) is 0 Å². The fourth-order valence-electron chi connectivity index (χ4n) is 1.82. The molecule has 6 nitrogen and oxygen atoms in total. The van der Waals surface area contributed by atoms with Crippen LogP contribution in [0.4, 0.5) is 5.13 Å². The van der Waals surface area contributed by atoms with Crippen molar-refractivity contribution in [1.29, 1.82) is 0 Å². The first-order valence-corrected chi connectivity index (χ1v) is 7.65. The van der Waals surface area contributed by atoms with E-state index in [0.29, 0.717) is 15.7 Å². The molecule has 1 aromatic heterocycles. The first-order chi connectivity index (χ1) is 10.7. The van der Waals surface area contributed by atoms with Crippen LogP contribution in [0.25, 0.3) is 11.3 Å². The molecule has 0 fully saturated rings. The van der Waals surface area contributed by atoms with E-state index in [1.165, 1.54) is 0 Å². The van der Waals surface area contributed by atoms with Gasteiger partial charge < -0.3 is 15.4 Å². The number of nitrogens with zero attached hydrogens (tertiary/aromatic N) is 1. The summed E-state index contributed by atoms with van der Waals surface area (Å²) in [5.41, 5.74) is 1.32. The van der Waals surface area contributed by atoms with Crippen LogP contribution in [0.3, 0.4) is 0 Å². The molecule has 0 atom stereocenters. The number of benzene rings is 1. The number of nitrogens with one attached hydrogen (secondary N) is 2. The molecule has 0 saturated heterocycles. The molecule has 0 saturated carbocycles. The molecular formula is C15H18ClN3O3S. The van der Waals surface area contributed by atoms with Crippen LogP contribution < -0.4 is 10.6 Å². The maximum absolute atomic E-state index is 12.1. The van der Waals surface area contributed by atoms with Crippen LogP contribution in [0.1, 0.15) is 16.6 Å². The van der Waals surface area contributed by atoms with E-state index in [2.05, 4.69) is 15.6 Å². The summed E-state index contributed by atoms with van der Waals surface area (Å²) in [6.07, 6.45) is 0. The van der Waals surface area contributed by atoms with Gasteiger partial charge in [-0.15, -0.1) is 12.4 Å². The molecule has 23 heavy (non-hydrogen) atoms. The second kappa shape index (κ2) is 9.24. The normalized spacial score (nSPS) is 9.83. The van der Waals surface area contributed by atoms with Crippen LogP contribution in [0.15, 0.2) is 30.3 Å². The number of carbonyl (C=O) groups is 2. The third-order valence-electron chi connectivity index (χ3n) is 2.72. The molecule has 2 aromatic rings. The largest absolute Gasteiger partial charge is 0.462 e. The van der Waals surface area contributed by atoms with E-state index in [1.807, 2.05) is 30.3 Å². The van der Waals surface area contributed by atoms with Gasteiger partial charge in [-0.2, -0.15) is 0 Å². The summed E-state index contributed by atoms with van der Waals surface area (Å²) in [5.74, 6) is -0.653. The van der Waals surface area contributed by atoms with E-state index in [-0.39, 0.29) is 31.5 Å². The average molecular weight is 356 g/mol. The number of thiazole rings is 1. The van der Waals surface area contributed by atoms with Gasteiger partial charge in [0.05, 0.1) is 18.8 Å². The van der Waals surface area contributed by atoms with Gasteiger partial charge in [-0.05, 0) is 14.0 Å². The van der Waals surface area contributed by atoms with Gasteiger partial charge in [0.25, 0.3) is 0 Å². The van der Waals surface area contributed by atoms with E-state index >= 15 is 0 Å². The fraction of sp³-hybridized carbons (Fsp3) is 0.267. The van der Waals surface area contributed by atoms with Gasteiger partial charge in [0.2, 0.25) is 5.91 Å². The predicted octanol–water partition coefficient (Wildman–Crippen LogP) is 2.57. The van der Waals surface area contributed by atoms with Crippen molar-refractivity contribution in [3.63, 3.8) is 0 Å². The van der Waals surface area contributed by atoms with Gasteiger partial charge in [-0.25, -0.2) is 9.78 Å². The highest BCUT2D eigenvalue weighted by Gasteiger charge is 2.21. The van der Waals surface area contributed by atoms with Gasteiger partial charge in [0.15, 0.2) is 5.13 Å². The van der Waals surface area contributed by atoms with E-state index in [4.69, 9.17) is 4.74 Å². The summed E-state index contributed by atoms with van der Waals surface area (Å²) in [5, 5.41) is 5.80. The Morgan fingerprint density at radius 2 is 1.96 bits per heavy atom. The lowest BCUT2D eigenvalue weighted by Gasteiger charge is -2.01. The van der Waals surface area contributed by atoms with Crippen LogP contribution in [-0.2, 0) is 9.53 Å². The lowest BCUT2D eigenvalue weighted by Crippen LogP contribution is -2.24. The van der Waals surface area contributed by atoms with Crippen molar-refractivity contribution in [3.8, 4) is 11.3 Å². The Labute approximate surface area is 144 Å². The average Bonchev–Trinajstić information content (AvgIpc) is 2.92. The molecule has 0 spiro atoms. The van der Waals surface area contributed by atoms with Crippen molar-refractivity contribution < 1.29 is 14.3 Å². The minimum absolute atomic E-state index is 0. The second-order valence-corrected chi connectivity index (χ2v) is 5.36. The maximum atomic E-state index is 12.1. The van der Waals surface area contributed by atoms with Gasteiger partial charge in [-0.3, -0.25) is 4.79 Å². The molecule has 2 rings (SSSR count). The number of carbonyl (C=O) groups excluding carboxylic acids is 2. The standard InChI is InChI=1S/C15H17N3O3S.ClH/c1-3-21-14(20)13-12(10-7-5-4-6-8-10)18-15(22-13)17-11(19)9-16-2;/h4-8,16H,3,9H2,1-2H3,(H,17,18,19);1H. The molecule has 8 heteroatoms. The van der Waals surface area contributed by atoms with Gasteiger partial charge in [-0.1, -0.05) is 41.7 Å². The fourth-order valence-corrected chi connectivity index (χ4v) is 2.72. The van der Waals surface area contributed by atoms with E-state index in [1.54, 1.807) is 14.0 Å². The maximum Gasteiger partial charge on any atom is 0.350 e. The Bertz CT molecular complexity index is 661. The number of halogens is 1. The third-order valence-corrected chi connectivity index (χ3v) is 3.67. The Kier molecular flexibility index (Phi) is 7.67. The molecule has 124 valence electrons. The van der Waals surface area contributed by atoms with Crippen molar-refractivity contribution in [2.24, 2.45) is 0 Å². The van der Waals surface area contributed by atoms with Gasteiger partial charge in [0, 0.05) is 5.56 Å². The number of hydrogen-bond acceptors (Lipinski definition) is 6. The van der Waals surface area contributed by atoms with E-state index in [9.17, 15) is 9.59 Å². The van der Waals surface area contributed by atoms with Gasteiger partial charge in [0.1, 0.15) is 4.88 Å². The summed E-state index contributed by atoms with van der Waals surface area (Å²) < 4.78 is 5.06. The van der Waals surface area contributed by atoms with E-state index < -0.39 is 5.97 Å². The monoisotopic (exact) mass is 355 g/mol. The number of rotatable bonds is 6. The quantitative estimate of drug-likeness (QED) is 0.778. The summed E-state index contributed by atoms with van der Waals surface area (Å²) in [6, 6.07) is 9.33. The van der Waals surface area contributed by atoms with Crippen molar-refractivity contribution >= 4 is 40.8 Å². The molecule has 0 unspecified atom stereocenters. The number of hydrogen-bond donors (Lipinski definition) is 2. The molecule has 1 aromatic carbocycles. The number of amides is 1. The zero-order valence-corrected chi connectivity index (χ0v) is 14.4. The topological polar surface area (TPSA) is 80.3 Å². The highest BCUT2D eigenvalue weighted by Crippen LogP contribution is 2.31. The Morgan fingerprint density at radius 1 is 1.26 bits per heavy atom. The molecule has 0 bridgehead atoms. The zero-order valence-electron chi connectivity index (χ0n) is 12.8.